The summed E-state index contributed by atoms with van der Waals surface area (Å²) >= 11 is 17.0. The Bertz CT molecular complexity index is 581. The van der Waals surface area contributed by atoms with Gasteiger partial charge in [0.25, 0.3) is 0 Å². The number of anilines is 2. The summed E-state index contributed by atoms with van der Waals surface area (Å²) in [6.45, 7) is 6.17. The van der Waals surface area contributed by atoms with Crippen molar-refractivity contribution in [2.24, 2.45) is 0 Å². The Morgan fingerprint density at radius 3 is 1.89 bits per heavy atom. The number of hydrogen-bond acceptors (Lipinski definition) is 2. The Hall–Kier alpha value is -1.11. The fraction of sp³-hybridized carbons (Fsp3) is 0.600. The van der Waals surface area contributed by atoms with Crippen molar-refractivity contribution in [2.75, 3.05) is 23.7 Å². The first-order valence-electron chi connectivity index (χ1n) is 9.96. The van der Waals surface area contributed by atoms with Gasteiger partial charge in [-0.15, -0.1) is 0 Å². The van der Waals surface area contributed by atoms with E-state index in [1.54, 1.807) is 0 Å². The molecular weight excluding hydrogens is 396 g/mol. The van der Waals surface area contributed by atoms with E-state index in [9.17, 15) is 0 Å². The van der Waals surface area contributed by atoms with Crippen molar-refractivity contribution >= 4 is 57.6 Å². The predicted molar refractivity (Wildman–Crippen MR) is 128 cm³/mol. The van der Waals surface area contributed by atoms with Crippen LogP contribution in [-0.2, 0) is 0 Å². The number of halogens is 1. The van der Waals surface area contributed by atoms with Crippen LogP contribution in [0.25, 0.3) is 0 Å². The van der Waals surface area contributed by atoms with E-state index >= 15 is 0 Å². The standard InChI is InChI=1S/C20H33ClN4S2/c1-3-5-7-9-13-22-19(26)24-16-11-12-18(17(21)15-16)25-20(27)23-14-10-8-6-4-2/h11-12,15H,3-10,13-14H2,1-2H3,(H2,22,24,26)(H2,23,25,27). The molecule has 152 valence electrons. The summed E-state index contributed by atoms with van der Waals surface area (Å²) in [5, 5.41) is 14.6. The molecule has 4 N–H and O–H groups in total. The number of rotatable bonds is 12. The second-order valence-corrected chi connectivity index (χ2v) is 7.80. The number of unbranched alkanes of at least 4 members (excludes halogenated alkanes) is 6. The second-order valence-electron chi connectivity index (χ2n) is 6.58. The highest BCUT2D eigenvalue weighted by Gasteiger charge is 2.05. The topological polar surface area (TPSA) is 48.1 Å². The van der Waals surface area contributed by atoms with E-state index in [0.29, 0.717) is 15.2 Å². The molecule has 0 unspecified atom stereocenters. The molecule has 0 atom stereocenters. The van der Waals surface area contributed by atoms with Crippen molar-refractivity contribution in [3.8, 4) is 0 Å². The molecule has 0 heterocycles. The van der Waals surface area contributed by atoms with E-state index in [2.05, 4.69) is 35.1 Å². The molecule has 0 amide bonds. The molecule has 0 aliphatic heterocycles. The molecule has 0 bridgehead atoms. The fourth-order valence-electron chi connectivity index (χ4n) is 2.54. The Morgan fingerprint density at radius 1 is 0.815 bits per heavy atom. The number of hydrogen-bond donors (Lipinski definition) is 4. The molecule has 0 aliphatic carbocycles. The Kier molecular flexibility index (Phi) is 13.2. The zero-order valence-corrected chi connectivity index (χ0v) is 18.9. The zero-order valence-electron chi connectivity index (χ0n) is 16.5. The van der Waals surface area contributed by atoms with Crippen LogP contribution in [0.3, 0.4) is 0 Å². The largest absolute Gasteiger partial charge is 0.362 e. The zero-order chi connectivity index (χ0) is 19.9. The number of thiocarbonyl (C=S) groups is 2. The molecule has 27 heavy (non-hydrogen) atoms. The molecular formula is C20H33ClN4S2. The van der Waals surface area contributed by atoms with Gasteiger partial charge in [0.2, 0.25) is 0 Å². The Balaban J connectivity index is 2.35. The first kappa shape index (κ1) is 23.9. The van der Waals surface area contributed by atoms with Gasteiger partial charge in [0, 0.05) is 18.8 Å². The third-order valence-corrected chi connectivity index (χ3v) is 4.91. The van der Waals surface area contributed by atoms with Crippen molar-refractivity contribution in [2.45, 2.75) is 65.2 Å². The van der Waals surface area contributed by atoms with Crippen molar-refractivity contribution in [1.29, 1.82) is 0 Å². The molecule has 0 aromatic heterocycles. The maximum absolute atomic E-state index is 6.37. The van der Waals surface area contributed by atoms with Crippen LogP contribution < -0.4 is 21.3 Å². The van der Waals surface area contributed by atoms with Crippen LogP contribution >= 0.6 is 36.0 Å². The Morgan fingerprint density at radius 2 is 1.37 bits per heavy atom. The van der Waals surface area contributed by atoms with E-state index in [1.165, 1.54) is 38.5 Å². The van der Waals surface area contributed by atoms with E-state index in [4.69, 9.17) is 36.0 Å². The molecule has 1 rings (SSSR count). The smallest absolute Gasteiger partial charge is 0.170 e. The summed E-state index contributed by atoms with van der Waals surface area (Å²) in [5.74, 6) is 0. The Labute approximate surface area is 180 Å². The second kappa shape index (κ2) is 14.9. The van der Waals surface area contributed by atoms with Crippen LogP contribution in [0.1, 0.15) is 65.2 Å². The summed E-state index contributed by atoms with van der Waals surface area (Å²) in [6, 6.07) is 5.68. The van der Waals surface area contributed by atoms with E-state index in [-0.39, 0.29) is 0 Å². The summed E-state index contributed by atoms with van der Waals surface area (Å²) in [6.07, 6.45) is 9.69. The highest BCUT2D eigenvalue weighted by Crippen LogP contribution is 2.25. The monoisotopic (exact) mass is 428 g/mol. The third-order valence-electron chi connectivity index (χ3n) is 4.11. The highest BCUT2D eigenvalue weighted by molar-refractivity contribution is 7.80. The van der Waals surface area contributed by atoms with Crippen molar-refractivity contribution in [3.63, 3.8) is 0 Å². The summed E-state index contributed by atoms with van der Waals surface area (Å²) in [7, 11) is 0. The lowest BCUT2D eigenvalue weighted by Crippen LogP contribution is -2.30. The van der Waals surface area contributed by atoms with Gasteiger partial charge in [0.15, 0.2) is 10.2 Å². The molecule has 0 saturated heterocycles. The van der Waals surface area contributed by atoms with Crippen LogP contribution in [0.5, 0.6) is 0 Å². The van der Waals surface area contributed by atoms with Gasteiger partial charge < -0.3 is 21.3 Å². The average Bonchev–Trinajstić information content (AvgIpc) is 2.63. The molecule has 4 nitrogen and oxygen atoms in total. The lowest BCUT2D eigenvalue weighted by Gasteiger charge is -2.14. The van der Waals surface area contributed by atoms with Gasteiger partial charge in [-0.1, -0.05) is 64.0 Å². The van der Waals surface area contributed by atoms with E-state index in [1.807, 2.05) is 18.2 Å². The van der Waals surface area contributed by atoms with Crippen molar-refractivity contribution in [1.82, 2.24) is 10.6 Å². The minimum atomic E-state index is 0.596. The minimum absolute atomic E-state index is 0.596. The molecule has 1 aromatic carbocycles. The van der Waals surface area contributed by atoms with Gasteiger partial charge in [0.1, 0.15) is 0 Å². The quantitative estimate of drug-likeness (QED) is 0.239. The van der Waals surface area contributed by atoms with Crippen LogP contribution in [0.4, 0.5) is 11.4 Å². The number of nitrogens with one attached hydrogen (secondary N) is 4. The van der Waals surface area contributed by atoms with Gasteiger partial charge in [-0.3, -0.25) is 0 Å². The molecule has 0 aliphatic rings. The fourth-order valence-corrected chi connectivity index (χ4v) is 3.20. The molecule has 0 spiro atoms. The molecule has 0 radical (unpaired) electrons. The van der Waals surface area contributed by atoms with Crippen molar-refractivity contribution in [3.05, 3.63) is 23.2 Å². The van der Waals surface area contributed by atoms with Crippen LogP contribution in [0.2, 0.25) is 5.02 Å². The molecule has 0 saturated carbocycles. The van der Waals surface area contributed by atoms with Crippen LogP contribution in [0.15, 0.2) is 18.2 Å². The van der Waals surface area contributed by atoms with Gasteiger partial charge >= 0.3 is 0 Å². The maximum atomic E-state index is 6.37. The first-order chi connectivity index (χ1) is 13.1. The van der Waals surface area contributed by atoms with Crippen LogP contribution in [-0.4, -0.2) is 23.3 Å². The summed E-state index contributed by atoms with van der Waals surface area (Å²) in [4.78, 5) is 0. The van der Waals surface area contributed by atoms with Crippen molar-refractivity contribution < 1.29 is 0 Å². The number of benzene rings is 1. The predicted octanol–water partition coefficient (Wildman–Crippen LogP) is 6.07. The van der Waals surface area contributed by atoms with Gasteiger partial charge in [-0.2, -0.15) is 0 Å². The normalized spacial score (nSPS) is 10.3. The molecule has 1 aromatic rings. The molecule has 7 heteroatoms. The van der Waals surface area contributed by atoms with Gasteiger partial charge in [-0.25, -0.2) is 0 Å². The average molecular weight is 429 g/mol. The third kappa shape index (κ3) is 11.4. The van der Waals surface area contributed by atoms with Gasteiger partial charge in [0.05, 0.1) is 10.7 Å². The summed E-state index contributed by atoms with van der Waals surface area (Å²) in [5.41, 5.74) is 1.64. The van der Waals surface area contributed by atoms with E-state index in [0.717, 1.165) is 37.3 Å². The lowest BCUT2D eigenvalue weighted by molar-refractivity contribution is 0.655. The maximum Gasteiger partial charge on any atom is 0.170 e. The highest BCUT2D eigenvalue weighted by atomic mass is 35.5. The van der Waals surface area contributed by atoms with E-state index < -0.39 is 0 Å². The lowest BCUT2D eigenvalue weighted by atomic mass is 10.2. The summed E-state index contributed by atoms with van der Waals surface area (Å²) < 4.78 is 0. The van der Waals surface area contributed by atoms with Crippen LogP contribution in [0, 0.1) is 0 Å². The minimum Gasteiger partial charge on any atom is -0.362 e. The molecule has 0 fully saturated rings. The first-order valence-corrected chi connectivity index (χ1v) is 11.2. The van der Waals surface area contributed by atoms with Gasteiger partial charge in [-0.05, 0) is 55.5 Å². The SMILES string of the molecule is CCCCCCNC(=S)Nc1ccc(NC(=S)NCCCCCC)c(Cl)c1.